The Labute approximate surface area is 69.2 Å². The van der Waals surface area contributed by atoms with Crippen molar-refractivity contribution >= 4 is 25.1 Å². The first-order chi connectivity index (χ1) is 4.16. The Hall–Kier alpha value is 0.0574. The van der Waals surface area contributed by atoms with Gasteiger partial charge >= 0.3 is 18.9 Å². The van der Waals surface area contributed by atoms with Crippen LogP contribution in [-0.2, 0) is 4.79 Å². The normalized spacial score (nSPS) is 12.4. The predicted molar refractivity (Wildman–Crippen MR) is 33.3 cm³/mol. The molecule has 0 aliphatic carbocycles. The molecule has 0 N–H and O–H groups in total. The second kappa shape index (κ2) is 7.17. The standard InChI is InChI=1S/C5H7F3O.Li.H/c6-4(1-2-9)3-5(7)8;;/h2,4-5H,1,3H2;;. The Kier molecular flexibility index (Phi) is 9.11. The molecule has 1 nitrogen and oxygen atoms in total. The summed E-state index contributed by atoms with van der Waals surface area (Å²) in [5.74, 6) is 0. The Morgan fingerprint density at radius 1 is 1.30 bits per heavy atom. The fraction of sp³-hybridized carbons (Fsp3) is 0.800. The third kappa shape index (κ3) is 8.06. The Balaban J connectivity index is 0. The minimum absolute atomic E-state index is 0. The van der Waals surface area contributed by atoms with Crippen molar-refractivity contribution in [1.82, 2.24) is 0 Å². The van der Waals surface area contributed by atoms with E-state index in [1.807, 2.05) is 0 Å². The third-order valence-corrected chi connectivity index (χ3v) is 0.786. The fourth-order valence-corrected chi connectivity index (χ4v) is 0.394. The van der Waals surface area contributed by atoms with Crippen LogP contribution >= 0.6 is 0 Å². The first-order valence-corrected chi connectivity index (χ1v) is 2.52. The number of carbonyl (C=O) groups excluding carboxylic acids is 1. The molecule has 10 heavy (non-hydrogen) atoms. The second-order valence-electron chi connectivity index (χ2n) is 1.63. The molecular formula is C5H8F3LiO. The van der Waals surface area contributed by atoms with Gasteiger partial charge in [-0.3, -0.25) is 0 Å². The van der Waals surface area contributed by atoms with Gasteiger partial charge in [-0.2, -0.15) is 0 Å². The van der Waals surface area contributed by atoms with E-state index in [-0.39, 0.29) is 18.9 Å². The second-order valence-corrected chi connectivity index (χ2v) is 1.63. The van der Waals surface area contributed by atoms with Crippen LogP contribution in [0.5, 0.6) is 0 Å². The van der Waals surface area contributed by atoms with Crippen LogP contribution in [0.15, 0.2) is 0 Å². The average molecular weight is 148 g/mol. The average Bonchev–Trinajstić information content (AvgIpc) is 1.63. The first-order valence-electron chi connectivity index (χ1n) is 2.52. The minimum atomic E-state index is -2.65. The van der Waals surface area contributed by atoms with Crippen molar-refractivity contribution in [2.24, 2.45) is 0 Å². The van der Waals surface area contributed by atoms with Gasteiger partial charge in [0, 0.05) is 12.8 Å². The van der Waals surface area contributed by atoms with Crippen LogP contribution in [0.4, 0.5) is 13.2 Å². The summed E-state index contributed by atoms with van der Waals surface area (Å²) in [6.07, 6.45) is -5.29. The van der Waals surface area contributed by atoms with Crippen molar-refractivity contribution in [1.29, 1.82) is 0 Å². The predicted octanol–water partition coefficient (Wildman–Crippen LogP) is 0.920. The number of hydrogen-bond donors (Lipinski definition) is 0. The summed E-state index contributed by atoms with van der Waals surface area (Å²) in [5, 5.41) is 0. The van der Waals surface area contributed by atoms with Crippen LogP contribution in [0, 0.1) is 0 Å². The molecule has 5 heteroatoms. The van der Waals surface area contributed by atoms with Crippen LogP contribution < -0.4 is 0 Å². The molecule has 0 rings (SSSR count). The van der Waals surface area contributed by atoms with Gasteiger partial charge in [0.1, 0.15) is 12.5 Å². The van der Waals surface area contributed by atoms with Crippen LogP contribution in [0.25, 0.3) is 0 Å². The van der Waals surface area contributed by atoms with Crippen molar-refractivity contribution in [3.8, 4) is 0 Å². The number of rotatable bonds is 4. The molecule has 0 aromatic rings. The summed E-state index contributed by atoms with van der Waals surface area (Å²) >= 11 is 0. The van der Waals surface area contributed by atoms with E-state index in [4.69, 9.17) is 0 Å². The van der Waals surface area contributed by atoms with Gasteiger partial charge in [0.15, 0.2) is 0 Å². The van der Waals surface area contributed by atoms with Crippen LogP contribution in [-0.4, -0.2) is 37.7 Å². The van der Waals surface area contributed by atoms with Gasteiger partial charge in [-0.15, -0.1) is 0 Å². The SMILES string of the molecule is O=CCC(F)CC(F)F.[LiH]. The van der Waals surface area contributed by atoms with Crippen molar-refractivity contribution in [3.05, 3.63) is 0 Å². The number of halogens is 3. The van der Waals surface area contributed by atoms with Crippen molar-refractivity contribution in [2.45, 2.75) is 25.4 Å². The van der Waals surface area contributed by atoms with Gasteiger partial charge in [0.25, 0.3) is 0 Å². The molecule has 0 aliphatic rings. The summed E-state index contributed by atoms with van der Waals surface area (Å²) in [7, 11) is 0. The van der Waals surface area contributed by atoms with Gasteiger partial charge in [-0.05, 0) is 0 Å². The summed E-state index contributed by atoms with van der Waals surface area (Å²) < 4.78 is 34.4. The molecule has 0 saturated carbocycles. The van der Waals surface area contributed by atoms with Crippen LogP contribution in [0.3, 0.4) is 0 Å². The number of alkyl halides is 3. The van der Waals surface area contributed by atoms with Crippen molar-refractivity contribution in [3.63, 3.8) is 0 Å². The van der Waals surface area contributed by atoms with Crippen molar-refractivity contribution in [2.75, 3.05) is 0 Å². The molecule has 0 aromatic heterocycles. The van der Waals surface area contributed by atoms with Crippen LogP contribution in [0.2, 0.25) is 0 Å². The van der Waals surface area contributed by atoms with Gasteiger partial charge in [-0.1, -0.05) is 0 Å². The quantitative estimate of drug-likeness (QED) is 0.428. The Morgan fingerprint density at radius 3 is 2.10 bits per heavy atom. The number of aldehydes is 1. The van der Waals surface area contributed by atoms with Gasteiger partial charge in [0.2, 0.25) is 6.43 Å². The van der Waals surface area contributed by atoms with Gasteiger partial charge in [0.05, 0.1) is 0 Å². The molecule has 0 radical (unpaired) electrons. The van der Waals surface area contributed by atoms with E-state index in [1.54, 1.807) is 0 Å². The summed E-state index contributed by atoms with van der Waals surface area (Å²) in [6.45, 7) is 0. The maximum atomic E-state index is 11.9. The first kappa shape index (κ1) is 12.7. The molecule has 0 aliphatic heterocycles. The molecule has 0 amide bonds. The molecule has 0 fully saturated rings. The van der Waals surface area contributed by atoms with E-state index in [2.05, 4.69) is 0 Å². The summed E-state index contributed by atoms with van der Waals surface area (Å²) in [4.78, 5) is 9.51. The molecule has 0 spiro atoms. The zero-order valence-corrected chi connectivity index (χ0v) is 4.69. The third-order valence-electron chi connectivity index (χ3n) is 0.786. The zero-order chi connectivity index (χ0) is 7.28. The number of hydrogen-bond acceptors (Lipinski definition) is 1. The Morgan fingerprint density at radius 2 is 1.80 bits per heavy atom. The summed E-state index contributed by atoms with van der Waals surface area (Å²) in [5.41, 5.74) is 0. The molecular weight excluding hydrogens is 140 g/mol. The molecule has 56 valence electrons. The molecule has 1 atom stereocenters. The van der Waals surface area contributed by atoms with E-state index in [0.717, 1.165) is 0 Å². The topological polar surface area (TPSA) is 17.1 Å². The molecule has 0 heterocycles. The van der Waals surface area contributed by atoms with Crippen molar-refractivity contribution < 1.29 is 18.0 Å². The molecule has 0 bridgehead atoms. The fourth-order valence-electron chi connectivity index (χ4n) is 0.394. The van der Waals surface area contributed by atoms with Gasteiger partial charge < -0.3 is 4.79 Å². The van der Waals surface area contributed by atoms with E-state index in [9.17, 15) is 18.0 Å². The van der Waals surface area contributed by atoms with E-state index < -0.39 is 25.4 Å². The summed E-state index contributed by atoms with van der Waals surface area (Å²) in [6, 6.07) is 0. The van der Waals surface area contributed by atoms with Gasteiger partial charge in [-0.25, -0.2) is 13.2 Å². The van der Waals surface area contributed by atoms with Crippen LogP contribution in [0.1, 0.15) is 12.8 Å². The molecule has 0 aromatic carbocycles. The maximum absolute atomic E-state index is 11.9. The molecule has 0 saturated heterocycles. The van der Waals surface area contributed by atoms with E-state index >= 15 is 0 Å². The monoisotopic (exact) mass is 148 g/mol. The number of carbonyl (C=O) groups is 1. The van der Waals surface area contributed by atoms with E-state index in [0.29, 0.717) is 6.29 Å². The zero-order valence-electron chi connectivity index (χ0n) is 4.69. The van der Waals surface area contributed by atoms with E-state index in [1.165, 1.54) is 0 Å². The molecule has 1 unspecified atom stereocenters. The Bertz CT molecular complexity index is 89.0.